The van der Waals surface area contributed by atoms with Crippen LogP contribution in [0.15, 0.2) is 30.3 Å². The van der Waals surface area contributed by atoms with Crippen molar-refractivity contribution in [1.29, 1.82) is 0 Å². The molecule has 18 heavy (non-hydrogen) atoms. The van der Waals surface area contributed by atoms with Crippen molar-refractivity contribution in [1.82, 2.24) is 25.1 Å². The zero-order valence-electron chi connectivity index (χ0n) is 10.5. The third-order valence-corrected chi connectivity index (χ3v) is 2.76. The molecule has 0 aliphatic rings. The van der Waals surface area contributed by atoms with Crippen molar-refractivity contribution in [3.8, 4) is 0 Å². The molecule has 1 heterocycles. The van der Waals surface area contributed by atoms with E-state index in [1.54, 1.807) is 4.68 Å². The summed E-state index contributed by atoms with van der Waals surface area (Å²) in [5.74, 6) is 0.376. The van der Waals surface area contributed by atoms with Crippen LogP contribution in [-0.4, -0.2) is 38.7 Å². The van der Waals surface area contributed by atoms with Crippen molar-refractivity contribution in [2.45, 2.75) is 19.5 Å². The Bertz CT molecular complexity index is 466. The molecule has 1 aromatic carbocycles. The second-order valence-corrected chi connectivity index (χ2v) is 4.34. The Labute approximate surface area is 106 Å². The number of aryl methyl sites for hydroxylation is 1. The van der Waals surface area contributed by atoms with E-state index < -0.39 is 0 Å². The number of hydrogen-bond donors (Lipinski definition) is 1. The van der Waals surface area contributed by atoms with Gasteiger partial charge in [-0.1, -0.05) is 35.4 Å². The Morgan fingerprint density at radius 3 is 2.72 bits per heavy atom. The molecule has 0 atom stereocenters. The Kier molecular flexibility index (Phi) is 4.25. The summed E-state index contributed by atoms with van der Waals surface area (Å²) in [6.07, 6.45) is 0.971. The first-order chi connectivity index (χ1) is 8.75. The van der Waals surface area contributed by atoms with Crippen LogP contribution >= 0.6 is 0 Å². The molecule has 0 spiro atoms. The van der Waals surface area contributed by atoms with Gasteiger partial charge in [-0.3, -0.25) is 0 Å². The molecule has 0 saturated carbocycles. The molecule has 1 aromatic heterocycles. The van der Waals surface area contributed by atoms with E-state index in [9.17, 15) is 0 Å². The van der Waals surface area contributed by atoms with Crippen LogP contribution in [-0.2, 0) is 13.1 Å². The second kappa shape index (κ2) is 6.11. The summed E-state index contributed by atoms with van der Waals surface area (Å²) < 4.78 is 1.62. The van der Waals surface area contributed by atoms with Gasteiger partial charge in [-0.2, -0.15) is 0 Å². The van der Waals surface area contributed by atoms with Crippen molar-refractivity contribution in [2.75, 3.05) is 19.3 Å². The smallest absolute Gasteiger partial charge is 0.240 e. The van der Waals surface area contributed by atoms with Crippen molar-refractivity contribution >= 4 is 5.95 Å². The first kappa shape index (κ1) is 12.5. The van der Waals surface area contributed by atoms with E-state index in [2.05, 4.69) is 51.7 Å². The first-order valence-corrected chi connectivity index (χ1v) is 6.00. The highest BCUT2D eigenvalue weighted by Crippen LogP contribution is 2.03. The molecule has 0 aliphatic heterocycles. The summed E-state index contributed by atoms with van der Waals surface area (Å²) in [5.41, 5.74) is 6.92. The fourth-order valence-electron chi connectivity index (χ4n) is 1.84. The number of hydrogen-bond acceptors (Lipinski definition) is 5. The molecule has 2 aromatic rings. The fourth-order valence-corrected chi connectivity index (χ4v) is 1.84. The van der Waals surface area contributed by atoms with E-state index >= 15 is 0 Å². The highest BCUT2D eigenvalue weighted by molar-refractivity contribution is 5.14. The zero-order valence-corrected chi connectivity index (χ0v) is 10.5. The van der Waals surface area contributed by atoms with Crippen LogP contribution in [0, 0.1) is 0 Å². The van der Waals surface area contributed by atoms with Gasteiger partial charge in [-0.15, -0.1) is 0 Å². The normalized spacial score (nSPS) is 11.0. The monoisotopic (exact) mass is 246 g/mol. The summed E-state index contributed by atoms with van der Waals surface area (Å²) in [4.78, 5) is 2.27. The molecule has 0 aliphatic carbocycles. The van der Waals surface area contributed by atoms with E-state index in [1.165, 1.54) is 5.56 Å². The summed E-state index contributed by atoms with van der Waals surface area (Å²) in [6, 6.07) is 10.4. The highest BCUT2D eigenvalue weighted by Gasteiger charge is 2.03. The lowest BCUT2D eigenvalue weighted by molar-refractivity contribution is 0.311. The minimum atomic E-state index is 0.376. The topological polar surface area (TPSA) is 72.9 Å². The quantitative estimate of drug-likeness (QED) is 0.815. The van der Waals surface area contributed by atoms with Gasteiger partial charge in [0, 0.05) is 13.1 Å². The predicted molar refractivity (Wildman–Crippen MR) is 69.6 cm³/mol. The average molecular weight is 246 g/mol. The van der Waals surface area contributed by atoms with Crippen LogP contribution in [0.25, 0.3) is 0 Å². The SMILES string of the molecule is CN(CCCn1nnnc1N)Cc1ccccc1. The number of nitrogen functional groups attached to an aromatic ring is 1. The molecule has 0 saturated heterocycles. The van der Waals surface area contributed by atoms with Crippen LogP contribution in [0.3, 0.4) is 0 Å². The Hall–Kier alpha value is -1.95. The van der Waals surface area contributed by atoms with E-state index in [0.29, 0.717) is 5.95 Å². The maximum Gasteiger partial charge on any atom is 0.240 e. The molecule has 0 bridgehead atoms. The fraction of sp³-hybridized carbons (Fsp3) is 0.417. The molecule has 0 radical (unpaired) electrons. The molecule has 2 N–H and O–H groups in total. The van der Waals surface area contributed by atoms with Gasteiger partial charge in [0.05, 0.1) is 0 Å². The van der Waals surface area contributed by atoms with E-state index in [4.69, 9.17) is 5.73 Å². The third-order valence-electron chi connectivity index (χ3n) is 2.76. The number of tetrazole rings is 1. The van der Waals surface area contributed by atoms with Crippen LogP contribution in [0.5, 0.6) is 0 Å². The number of rotatable bonds is 6. The molecule has 6 heteroatoms. The van der Waals surface area contributed by atoms with Crippen LogP contribution in [0.2, 0.25) is 0 Å². The highest BCUT2D eigenvalue weighted by atomic mass is 15.6. The maximum absolute atomic E-state index is 5.59. The minimum Gasteiger partial charge on any atom is -0.367 e. The summed E-state index contributed by atoms with van der Waals surface area (Å²) in [5, 5.41) is 11.0. The first-order valence-electron chi connectivity index (χ1n) is 6.00. The van der Waals surface area contributed by atoms with Gasteiger partial charge >= 0.3 is 0 Å². The van der Waals surface area contributed by atoms with Crippen molar-refractivity contribution in [3.63, 3.8) is 0 Å². The Morgan fingerprint density at radius 1 is 1.28 bits per heavy atom. The molecule has 6 nitrogen and oxygen atoms in total. The van der Waals surface area contributed by atoms with E-state index in [1.807, 2.05) is 6.07 Å². The summed E-state index contributed by atoms with van der Waals surface area (Å²) in [7, 11) is 2.11. The zero-order chi connectivity index (χ0) is 12.8. The van der Waals surface area contributed by atoms with Crippen LogP contribution in [0.4, 0.5) is 5.95 Å². The van der Waals surface area contributed by atoms with E-state index in [0.717, 1.165) is 26.1 Å². The van der Waals surface area contributed by atoms with Crippen molar-refractivity contribution in [3.05, 3.63) is 35.9 Å². The largest absolute Gasteiger partial charge is 0.367 e. The number of aromatic nitrogens is 4. The van der Waals surface area contributed by atoms with Gasteiger partial charge in [-0.25, -0.2) is 4.68 Å². The standard InChI is InChI=1S/C12H18N6/c1-17(10-11-6-3-2-4-7-11)8-5-9-18-12(13)14-15-16-18/h2-4,6-7H,5,8-10H2,1H3,(H2,13,14,16). The number of nitrogens with zero attached hydrogens (tertiary/aromatic N) is 5. The average Bonchev–Trinajstić information content (AvgIpc) is 2.76. The molecule has 0 unspecified atom stereocenters. The van der Waals surface area contributed by atoms with Gasteiger partial charge < -0.3 is 10.6 Å². The molecular weight excluding hydrogens is 228 g/mol. The lowest BCUT2D eigenvalue weighted by atomic mass is 10.2. The lowest BCUT2D eigenvalue weighted by Gasteiger charge is -2.16. The Morgan fingerprint density at radius 2 is 2.06 bits per heavy atom. The maximum atomic E-state index is 5.59. The van der Waals surface area contributed by atoms with Crippen LogP contribution < -0.4 is 5.73 Å². The second-order valence-electron chi connectivity index (χ2n) is 4.34. The van der Waals surface area contributed by atoms with Gasteiger partial charge in [0.25, 0.3) is 0 Å². The van der Waals surface area contributed by atoms with Gasteiger partial charge in [-0.05, 0) is 36.0 Å². The van der Waals surface area contributed by atoms with Gasteiger partial charge in [0.15, 0.2) is 0 Å². The molecular formula is C12H18N6. The number of anilines is 1. The lowest BCUT2D eigenvalue weighted by Crippen LogP contribution is -2.20. The van der Waals surface area contributed by atoms with Gasteiger partial charge in [0.2, 0.25) is 5.95 Å². The molecule has 0 amide bonds. The summed E-state index contributed by atoms with van der Waals surface area (Å²) >= 11 is 0. The van der Waals surface area contributed by atoms with E-state index in [-0.39, 0.29) is 0 Å². The number of benzene rings is 1. The van der Waals surface area contributed by atoms with Crippen molar-refractivity contribution in [2.24, 2.45) is 0 Å². The van der Waals surface area contributed by atoms with Crippen LogP contribution in [0.1, 0.15) is 12.0 Å². The molecule has 96 valence electrons. The summed E-state index contributed by atoms with van der Waals surface area (Å²) in [6.45, 7) is 2.68. The number of nitrogens with two attached hydrogens (primary N) is 1. The molecule has 0 fully saturated rings. The van der Waals surface area contributed by atoms with Crippen molar-refractivity contribution < 1.29 is 0 Å². The third kappa shape index (κ3) is 3.53. The minimum absolute atomic E-state index is 0.376. The Balaban J connectivity index is 1.72. The predicted octanol–water partition coefficient (Wildman–Crippen LogP) is 0.777. The molecule has 2 rings (SSSR count). The van der Waals surface area contributed by atoms with Gasteiger partial charge in [0.1, 0.15) is 0 Å².